The molecule has 1 aromatic heterocycles. The number of aromatic carboxylic acids is 1. The lowest BCUT2D eigenvalue weighted by molar-refractivity contribution is 0.0699. The molecule has 0 saturated heterocycles. The average Bonchev–Trinajstić information content (AvgIpc) is 3.06. The number of benzene rings is 1. The Morgan fingerprint density at radius 2 is 2.22 bits per heavy atom. The van der Waals surface area contributed by atoms with Gasteiger partial charge in [-0.1, -0.05) is 0 Å². The number of ether oxygens (including phenoxy) is 1. The van der Waals surface area contributed by atoms with E-state index in [4.69, 9.17) is 9.84 Å². The molecule has 1 aromatic carbocycles. The molecule has 0 spiro atoms. The van der Waals surface area contributed by atoms with Crippen LogP contribution in [0.5, 0.6) is 5.75 Å². The number of carboxylic acids is 1. The maximum Gasteiger partial charge on any atom is 0.337 e. The molecule has 1 saturated carbocycles. The smallest absolute Gasteiger partial charge is 0.337 e. The number of halogens is 1. The van der Waals surface area contributed by atoms with Gasteiger partial charge < -0.3 is 14.8 Å². The Hall–Kier alpha value is -1.75. The zero-order valence-electron chi connectivity index (χ0n) is 9.77. The Balaban J connectivity index is 0.00000120. The molecule has 0 radical (unpaired) electrons. The first-order valence-corrected chi connectivity index (χ1v) is 5.50. The van der Waals surface area contributed by atoms with Crippen LogP contribution in [-0.2, 0) is 0 Å². The molecule has 0 amide bonds. The maximum atomic E-state index is 11.1. The Kier molecular flexibility index (Phi) is 3.17. The van der Waals surface area contributed by atoms with Crippen LogP contribution in [0.25, 0.3) is 11.0 Å². The van der Waals surface area contributed by atoms with Crippen molar-refractivity contribution in [3.8, 4) is 5.75 Å². The standard InChI is InChI=1S/C12H12N2O3.ClH/c1-17-8-5-4-7(12(15)16)9-10(8)14-11(13-9)6-2-3-6;/h4-6H,2-3H2,1H3,(H,13,14)(H,15,16);1H. The van der Waals surface area contributed by atoms with Gasteiger partial charge in [0, 0.05) is 5.92 Å². The van der Waals surface area contributed by atoms with E-state index in [0.29, 0.717) is 22.7 Å². The minimum absolute atomic E-state index is 0. The Morgan fingerprint density at radius 3 is 2.78 bits per heavy atom. The van der Waals surface area contributed by atoms with E-state index in [-0.39, 0.29) is 18.0 Å². The van der Waals surface area contributed by atoms with Crippen LogP contribution in [0.3, 0.4) is 0 Å². The molecule has 5 nitrogen and oxygen atoms in total. The van der Waals surface area contributed by atoms with Crippen molar-refractivity contribution < 1.29 is 14.6 Å². The molecule has 1 heterocycles. The second-order valence-electron chi connectivity index (χ2n) is 4.24. The van der Waals surface area contributed by atoms with Gasteiger partial charge in [-0.15, -0.1) is 12.4 Å². The number of H-pyrrole nitrogens is 1. The molecule has 6 heteroatoms. The molecule has 1 aliphatic rings. The highest BCUT2D eigenvalue weighted by Crippen LogP contribution is 2.40. The van der Waals surface area contributed by atoms with E-state index in [0.717, 1.165) is 18.7 Å². The number of hydrogen-bond acceptors (Lipinski definition) is 3. The van der Waals surface area contributed by atoms with Crippen LogP contribution in [0.15, 0.2) is 12.1 Å². The fourth-order valence-corrected chi connectivity index (χ4v) is 1.98. The SMILES string of the molecule is COc1ccc(C(=O)O)c2nc(C3CC3)[nH]c12.Cl. The van der Waals surface area contributed by atoms with E-state index >= 15 is 0 Å². The summed E-state index contributed by atoms with van der Waals surface area (Å²) in [4.78, 5) is 18.7. The van der Waals surface area contributed by atoms with Crippen LogP contribution in [-0.4, -0.2) is 28.2 Å². The predicted octanol–water partition coefficient (Wildman–Crippen LogP) is 2.57. The topological polar surface area (TPSA) is 75.2 Å². The number of nitrogens with zero attached hydrogens (tertiary/aromatic N) is 1. The molecule has 0 bridgehead atoms. The Labute approximate surface area is 110 Å². The van der Waals surface area contributed by atoms with Gasteiger partial charge in [-0.3, -0.25) is 0 Å². The molecule has 18 heavy (non-hydrogen) atoms. The second kappa shape index (κ2) is 4.49. The van der Waals surface area contributed by atoms with Gasteiger partial charge in [0.1, 0.15) is 22.6 Å². The summed E-state index contributed by atoms with van der Waals surface area (Å²) in [5, 5.41) is 9.12. The number of methoxy groups -OCH3 is 1. The van der Waals surface area contributed by atoms with E-state index in [1.165, 1.54) is 6.07 Å². The number of aromatic amines is 1. The van der Waals surface area contributed by atoms with E-state index in [2.05, 4.69) is 9.97 Å². The van der Waals surface area contributed by atoms with Crippen LogP contribution in [0.4, 0.5) is 0 Å². The van der Waals surface area contributed by atoms with Crippen LogP contribution < -0.4 is 4.74 Å². The minimum Gasteiger partial charge on any atom is -0.494 e. The van der Waals surface area contributed by atoms with Crippen molar-refractivity contribution in [3.05, 3.63) is 23.5 Å². The van der Waals surface area contributed by atoms with E-state index in [1.54, 1.807) is 13.2 Å². The summed E-state index contributed by atoms with van der Waals surface area (Å²) >= 11 is 0. The quantitative estimate of drug-likeness (QED) is 0.897. The Bertz CT molecular complexity index is 605. The molecule has 1 aliphatic carbocycles. The summed E-state index contributed by atoms with van der Waals surface area (Å²) in [6.07, 6.45) is 2.23. The Morgan fingerprint density at radius 1 is 1.50 bits per heavy atom. The number of imidazole rings is 1. The first-order valence-electron chi connectivity index (χ1n) is 5.50. The second-order valence-corrected chi connectivity index (χ2v) is 4.24. The van der Waals surface area contributed by atoms with Gasteiger partial charge >= 0.3 is 5.97 Å². The van der Waals surface area contributed by atoms with Crippen molar-refractivity contribution in [1.29, 1.82) is 0 Å². The van der Waals surface area contributed by atoms with Crippen molar-refractivity contribution in [1.82, 2.24) is 9.97 Å². The molecular formula is C12H13ClN2O3. The molecule has 2 N–H and O–H groups in total. The molecular weight excluding hydrogens is 256 g/mol. The summed E-state index contributed by atoms with van der Waals surface area (Å²) in [7, 11) is 1.56. The van der Waals surface area contributed by atoms with Gasteiger partial charge in [-0.25, -0.2) is 9.78 Å². The summed E-state index contributed by atoms with van der Waals surface area (Å²) in [5.41, 5.74) is 1.37. The number of fused-ring (bicyclic) bond motifs is 1. The van der Waals surface area contributed by atoms with Gasteiger partial charge in [-0.2, -0.15) is 0 Å². The van der Waals surface area contributed by atoms with Crippen LogP contribution in [0, 0.1) is 0 Å². The number of aromatic nitrogens is 2. The minimum atomic E-state index is -0.966. The van der Waals surface area contributed by atoms with Gasteiger partial charge in [0.2, 0.25) is 0 Å². The molecule has 0 aliphatic heterocycles. The van der Waals surface area contributed by atoms with E-state index < -0.39 is 5.97 Å². The third-order valence-electron chi connectivity index (χ3n) is 3.04. The van der Waals surface area contributed by atoms with E-state index in [9.17, 15) is 4.79 Å². The molecule has 96 valence electrons. The largest absolute Gasteiger partial charge is 0.494 e. The lowest BCUT2D eigenvalue weighted by atomic mass is 10.2. The maximum absolute atomic E-state index is 11.1. The van der Waals surface area contributed by atoms with Crippen molar-refractivity contribution >= 4 is 29.4 Å². The van der Waals surface area contributed by atoms with Crippen molar-refractivity contribution in [2.45, 2.75) is 18.8 Å². The molecule has 3 rings (SSSR count). The lowest BCUT2D eigenvalue weighted by Crippen LogP contribution is -1.98. The number of carboxylic acid groups (broad SMARTS) is 1. The lowest BCUT2D eigenvalue weighted by Gasteiger charge is -2.02. The fraction of sp³-hybridized carbons (Fsp3) is 0.333. The average molecular weight is 269 g/mol. The van der Waals surface area contributed by atoms with Crippen LogP contribution in [0.2, 0.25) is 0 Å². The molecule has 0 atom stereocenters. The highest BCUT2D eigenvalue weighted by molar-refractivity contribution is 6.02. The first kappa shape index (κ1) is 12.7. The highest BCUT2D eigenvalue weighted by atomic mass is 35.5. The normalized spacial score (nSPS) is 14.3. The van der Waals surface area contributed by atoms with Gasteiger partial charge in [0.25, 0.3) is 0 Å². The summed E-state index contributed by atoms with van der Waals surface area (Å²) in [6, 6.07) is 3.18. The zero-order valence-corrected chi connectivity index (χ0v) is 10.6. The van der Waals surface area contributed by atoms with Gasteiger partial charge in [-0.05, 0) is 25.0 Å². The summed E-state index contributed by atoms with van der Waals surface area (Å²) in [5.74, 6) is 0.983. The third kappa shape index (κ3) is 1.90. The van der Waals surface area contributed by atoms with E-state index in [1.807, 2.05) is 0 Å². The molecule has 0 unspecified atom stereocenters. The van der Waals surface area contributed by atoms with Gasteiger partial charge in [0.05, 0.1) is 12.7 Å². The third-order valence-corrected chi connectivity index (χ3v) is 3.04. The number of carbonyl (C=O) groups is 1. The fourth-order valence-electron chi connectivity index (χ4n) is 1.98. The van der Waals surface area contributed by atoms with Crippen molar-refractivity contribution in [2.75, 3.05) is 7.11 Å². The van der Waals surface area contributed by atoms with Crippen molar-refractivity contribution in [2.24, 2.45) is 0 Å². The van der Waals surface area contributed by atoms with Gasteiger partial charge in [0.15, 0.2) is 0 Å². The number of nitrogens with one attached hydrogen (secondary N) is 1. The molecule has 2 aromatic rings. The zero-order chi connectivity index (χ0) is 12.0. The summed E-state index contributed by atoms with van der Waals surface area (Å²) in [6.45, 7) is 0. The predicted molar refractivity (Wildman–Crippen MR) is 68.8 cm³/mol. The molecule has 1 fully saturated rings. The van der Waals surface area contributed by atoms with Crippen LogP contribution in [0.1, 0.15) is 34.9 Å². The van der Waals surface area contributed by atoms with Crippen LogP contribution >= 0.6 is 12.4 Å². The van der Waals surface area contributed by atoms with Crippen molar-refractivity contribution in [3.63, 3.8) is 0 Å². The highest BCUT2D eigenvalue weighted by Gasteiger charge is 2.28. The number of rotatable bonds is 3. The monoisotopic (exact) mass is 268 g/mol. The summed E-state index contributed by atoms with van der Waals surface area (Å²) < 4.78 is 5.21. The first-order chi connectivity index (χ1) is 8.20. The number of hydrogen-bond donors (Lipinski definition) is 2.